The van der Waals surface area contributed by atoms with Gasteiger partial charge in [-0.2, -0.15) is 0 Å². The number of nitrogens with one attached hydrogen (secondary N) is 1. The molecular formula is C16H21BrN2S. The number of alkyl halides is 1. The molecule has 20 heavy (non-hydrogen) atoms. The smallest absolute Gasteiger partial charge is 0.166 e. The average Bonchev–Trinajstić information content (AvgIpc) is 2.75. The summed E-state index contributed by atoms with van der Waals surface area (Å²) < 4.78 is 0. The van der Waals surface area contributed by atoms with Crippen molar-refractivity contribution in [1.82, 2.24) is 9.97 Å². The van der Waals surface area contributed by atoms with Crippen molar-refractivity contribution in [2.45, 2.75) is 43.7 Å². The zero-order valence-corrected chi connectivity index (χ0v) is 14.1. The number of thioether (sulfide) groups is 1. The van der Waals surface area contributed by atoms with E-state index in [9.17, 15) is 0 Å². The van der Waals surface area contributed by atoms with Gasteiger partial charge in [-0.05, 0) is 30.4 Å². The Morgan fingerprint density at radius 2 is 1.90 bits per heavy atom. The third-order valence-corrected chi connectivity index (χ3v) is 6.74. The van der Waals surface area contributed by atoms with Gasteiger partial charge in [-0.1, -0.05) is 65.5 Å². The monoisotopic (exact) mass is 352 g/mol. The first-order valence-corrected chi connectivity index (χ1v) is 9.56. The number of para-hydroxylation sites is 2. The van der Waals surface area contributed by atoms with Crippen LogP contribution in [0.15, 0.2) is 29.4 Å². The highest BCUT2D eigenvalue weighted by atomic mass is 79.9. The van der Waals surface area contributed by atoms with Gasteiger partial charge in [-0.15, -0.1) is 0 Å². The minimum absolute atomic E-state index is 0.458. The molecule has 1 aromatic heterocycles. The van der Waals surface area contributed by atoms with Crippen LogP contribution >= 0.6 is 27.7 Å². The molecule has 0 aliphatic heterocycles. The van der Waals surface area contributed by atoms with Gasteiger partial charge in [0.25, 0.3) is 0 Å². The second-order valence-electron chi connectivity index (χ2n) is 5.90. The Kier molecular flexibility index (Phi) is 4.72. The van der Waals surface area contributed by atoms with Crippen LogP contribution in [0.25, 0.3) is 11.0 Å². The summed E-state index contributed by atoms with van der Waals surface area (Å²) in [6.45, 7) is 0. The predicted molar refractivity (Wildman–Crippen MR) is 90.7 cm³/mol. The number of rotatable bonds is 4. The third kappa shape index (κ3) is 3.22. The third-order valence-electron chi connectivity index (χ3n) is 4.33. The van der Waals surface area contributed by atoms with E-state index in [0.717, 1.165) is 27.3 Å². The second-order valence-corrected chi connectivity index (χ2v) is 7.42. The molecule has 1 heterocycles. The first-order chi connectivity index (χ1) is 9.81. The van der Waals surface area contributed by atoms with Gasteiger partial charge in [0, 0.05) is 11.1 Å². The van der Waals surface area contributed by atoms with E-state index in [-0.39, 0.29) is 0 Å². The molecule has 2 nitrogen and oxygen atoms in total. The Hall–Kier alpha value is -0.480. The van der Waals surface area contributed by atoms with Crippen LogP contribution in [0.4, 0.5) is 0 Å². The molecular weight excluding hydrogens is 332 g/mol. The maximum absolute atomic E-state index is 4.68. The summed E-state index contributed by atoms with van der Waals surface area (Å²) in [6, 6.07) is 8.27. The predicted octanol–water partition coefficient (Wildman–Crippen LogP) is 5.39. The maximum atomic E-state index is 4.68. The van der Waals surface area contributed by atoms with E-state index in [4.69, 9.17) is 0 Å². The molecule has 0 atom stereocenters. The summed E-state index contributed by atoms with van der Waals surface area (Å²) in [5.41, 5.74) is 2.67. The molecule has 0 amide bonds. The molecule has 1 saturated carbocycles. The van der Waals surface area contributed by atoms with Crippen molar-refractivity contribution in [1.29, 1.82) is 0 Å². The summed E-state index contributed by atoms with van der Waals surface area (Å²) in [5, 5.41) is 2.18. The Balaban J connectivity index is 1.70. The van der Waals surface area contributed by atoms with E-state index < -0.39 is 0 Å². The lowest BCUT2D eigenvalue weighted by Gasteiger charge is -2.29. The number of aromatic nitrogens is 2. The van der Waals surface area contributed by atoms with Crippen LogP contribution in [-0.2, 0) is 0 Å². The van der Waals surface area contributed by atoms with E-state index in [2.05, 4.69) is 44.1 Å². The lowest BCUT2D eigenvalue weighted by molar-refractivity contribution is 0.334. The SMILES string of the molecule is BrCC1(CSc2nc3ccccc3[nH]2)CCCCCC1. The van der Waals surface area contributed by atoms with Crippen LogP contribution in [0.3, 0.4) is 0 Å². The molecule has 1 aliphatic rings. The van der Waals surface area contributed by atoms with Crippen molar-refractivity contribution in [3.05, 3.63) is 24.3 Å². The van der Waals surface area contributed by atoms with Crippen LogP contribution in [-0.4, -0.2) is 21.1 Å². The summed E-state index contributed by atoms with van der Waals surface area (Å²) in [6.07, 6.45) is 8.28. The van der Waals surface area contributed by atoms with Crippen LogP contribution < -0.4 is 0 Å². The van der Waals surface area contributed by atoms with Gasteiger partial charge in [-0.25, -0.2) is 4.98 Å². The molecule has 4 heteroatoms. The second kappa shape index (κ2) is 6.52. The van der Waals surface area contributed by atoms with Crippen molar-refractivity contribution in [2.24, 2.45) is 5.41 Å². The largest absolute Gasteiger partial charge is 0.333 e. The number of nitrogens with zero attached hydrogens (tertiary/aromatic N) is 1. The van der Waals surface area contributed by atoms with Crippen molar-refractivity contribution < 1.29 is 0 Å². The van der Waals surface area contributed by atoms with Crippen molar-refractivity contribution in [2.75, 3.05) is 11.1 Å². The van der Waals surface area contributed by atoms with E-state index >= 15 is 0 Å². The lowest BCUT2D eigenvalue weighted by atomic mass is 9.85. The van der Waals surface area contributed by atoms with Crippen molar-refractivity contribution in [3.63, 3.8) is 0 Å². The Morgan fingerprint density at radius 3 is 2.60 bits per heavy atom. The fourth-order valence-electron chi connectivity index (χ4n) is 3.01. The molecule has 1 aliphatic carbocycles. The highest BCUT2D eigenvalue weighted by Crippen LogP contribution is 2.40. The Labute approximate surface area is 133 Å². The zero-order valence-electron chi connectivity index (χ0n) is 11.7. The molecule has 0 radical (unpaired) electrons. The first-order valence-electron chi connectivity index (χ1n) is 7.45. The summed E-state index contributed by atoms with van der Waals surface area (Å²) in [5.74, 6) is 1.16. The Bertz CT molecular complexity index is 525. The van der Waals surface area contributed by atoms with Crippen LogP contribution in [0.1, 0.15) is 38.5 Å². The van der Waals surface area contributed by atoms with Gasteiger partial charge in [0.05, 0.1) is 11.0 Å². The minimum atomic E-state index is 0.458. The summed E-state index contributed by atoms with van der Waals surface area (Å²) in [7, 11) is 0. The molecule has 2 aromatic rings. The van der Waals surface area contributed by atoms with Gasteiger partial charge in [0.1, 0.15) is 0 Å². The van der Waals surface area contributed by atoms with E-state index in [1.54, 1.807) is 0 Å². The van der Waals surface area contributed by atoms with Crippen molar-refractivity contribution >= 4 is 38.7 Å². The molecule has 0 saturated heterocycles. The van der Waals surface area contributed by atoms with Gasteiger partial charge >= 0.3 is 0 Å². The zero-order chi connectivity index (χ0) is 13.8. The quantitative estimate of drug-likeness (QED) is 0.453. The fraction of sp³-hybridized carbons (Fsp3) is 0.562. The van der Waals surface area contributed by atoms with Gasteiger partial charge in [0.15, 0.2) is 5.16 Å². The lowest BCUT2D eigenvalue weighted by Crippen LogP contribution is -2.25. The number of benzene rings is 1. The standard InChI is InChI=1S/C16H21BrN2S/c17-11-16(9-5-1-2-6-10-16)12-20-15-18-13-7-3-4-8-14(13)19-15/h3-4,7-8H,1-2,5-6,9-12H2,(H,18,19). The van der Waals surface area contributed by atoms with Crippen LogP contribution in [0, 0.1) is 5.41 Å². The molecule has 0 unspecified atom stereocenters. The van der Waals surface area contributed by atoms with E-state index in [0.29, 0.717) is 5.41 Å². The maximum Gasteiger partial charge on any atom is 0.166 e. The average molecular weight is 353 g/mol. The number of hydrogen-bond acceptors (Lipinski definition) is 2. The normalized spacial score (nSPS) is 19.1. The number of fused-ring (bicyclic) bond motifs is 1. The Morgan fingerprint density at radius 1 is 1.15 bits per heavy atom. The van der Waals surface area contributed by atoms with Crippen LogP contribution in [0.5, 0.6) is 0 Å². The molecule has 108 valence electrons. The van der Waals surface area contributed by atoms with Gasteiger partial charge in [0.2, 0.25) is 0 Å². The topological polar surface area (TPSA) is 28.7 Å². The molecule has 1 aromatic carbocycles. The summed E-state index contributed by atoms with van der Waals surface area (Å²) >= 11 is 5.66. The molecule has 1 N–H and O–H groups in total. The van der Waals surface area contributed by atoms with Gasteiger partial charge < -0.3 is 4.98 Å². The fourth-order valence-corrected chi connectivity index (χ4v) is 5.21. The van der Waals surface area contributed by atoms with E-state index in [1.807, 2.05) is 17.8 Å². The van der Waals surface area contributed by atoms with E-state index in [1.165, 1.54) is 38.5 Å². The molecule has 3 rings (SSSR count). The summed E-state index contributed by atoms with van der Waals surface area (Å²) in [4.78, 5) is 8.11. The highest BCUT2D eigenvalue weighted by molar-refractivity contribution is 9.09. The first kappa shape index (κ1) is 14.5. The number of hydrogen-bond donors (Lipinski definition) is 1. The molecule has 1 fully saturated rings. The molecule has 0 bridgehead atoms. The number of H-pyrrole nitrogens is 1. The minimum Gasteiger partial charge on any atom is -0.333 e. The number of halogens is 1. The number of aromatic amines is 1. The highest BCUT2D eigenvalue weighted by Gasteiger charge is 2.30. The number of imidazole rings is 1. The van der Waals surface area contributed by atoms with Gasteiger partial charge in [-0.3, -0.25) is 0 Å². The molecule has 0 spiro atoms. The van der Waals surface area contributed by atoms with Crippen LogP contribution in [0.2, 0.25) is 0 Å². The van der Waals surface area contributed by atoms with Crippen molar-refractivity contribution in [3.8, 4) is 0 Å².